The van der Waals surface area contributed by atoms with Gasteiger partial charge >= 0.3 is 0 Å². The highest BCUT2D eigenvalue weighted by molar-refractivity contribution is 5.91. The predicted octanol–water partition coefficient (Wildman–Crippen LogP) is 3.26. The van der Waals surface area contributed by atoms with Crippen molar-refractivity contribution in [2.45, 2.75) is 0 Å². The Labute approximate surface area is 119 Å². The summed E-state index contributed by atoms with van der Waals surface area (Å²) in [5.74, 6) is 0. The van der Waals surface area contributed by atoms with Crippen LogP contribution in [0.4, 0.5) is 17.1 Å². The van der Waals surface area contributed by atoms with Crippen molar-refractivity contribution in [3.05, 3.63) is 42.5 Å². The second kappa shape index (κ2) is 6.66. The summed E-state index contributed by atoms with van der Waals surface area (Å²) >= 11 is 0. The molecule has 0 aromatic heterocycles. The number of hydrogen-bond donors (Lipinski definition) is 0. The van der Waals surface area contributed by atoms with E-state index in [-0.39, 0.29) is 17.1 Å². The molecule has 0 saturated carbocycles. The predicted molar refractivity (Wildman–Crippen MR) is 75.2 cm³/mol. The third-order valence-electron chi connectivity index (χ3n) is 2.70. The molecule has 2 aromatic rings. The van der Waals surface area contributed by atoms with Crippen molar-refractivity contribution in [1.82, 2.24) is 0 Å². The third kappa shape index (κ3) is 2.95. The largest absolute Gasteiger partial charge is 0.240 e. The highest BCUT2D eigenvalue weighted by atomic mass is 16.1. The molecule has 0 aliphatic heterocycles. The van der Waals surface area contributed by atoms with E-state index in [1.807, 2.05) is 18.2 Å². The lowest BCUT2D eigenvalue weighted by Crippen LogP contribution is -1.81. The summed E-state index contributed by atoms with van der Waals surface area (Å²) in [6.45, 7) is 0. The highest BCUT2D eigenvalue weighted by Crippen LogP contribution is 2.44. The van der Waals surface area contributed by atoms with E-state index in [9.17, 15) is 14.4 Å². The van der Waals surface area contributed by atoms with Crippen LogP contribution in [0.5, 0.6) is 0 Å². The first-order valence-corrected chi connectivity index (χ1v) is 5.78. The molecule has 0 unspecified atom stereocenters. The monoisotopic (exact) mass is 277 g/mol. The van der Waals surface area contributed by atoms with Crippen LogP contribution >= 0.6 is 0 Å². The first-order chi connectivity index (χ1) is 10.3. The number of aliphatic imine (C=N–C) groups is 3. The zero-order valence-corrected chi connectivity index (χ0v) is 10.6. The van der Waals surface area contributed by atoms with Gasteiger partial charge < -0.3 is 0 Å². The molecule has 0 aliphatic rings. The Bertz CT molecular complexity index is 812. The van der Waals surface area contributed by atoms with Crippen LogP contribution < -0.4 is 0 Å². The minimum Gasteiger partial charge on any atom is -0.211 e. The Balaban J connectivity index is 2.84. The number of carbonyl (C=O) groups excluding carboxylic acids is 3. The fourth-order valence-corrected chi connectivity index (χ4v) is 1.87. The fourth-order valence-electron chi connectivity index (χ4n) is 1.87. The number of isocyanates is 3. The molecule has 0 amide bonds. The molecule has 2 rings (SSSR count). The number of benzene rings is 2. The van der Waals surface area contributed by atoms with E-state index < -0.39 is 0 Å². The van der Waals surface area contributed by atoms with Gasteiger partial charge in [-0.2, -0.15) is 15.0 Å². The summed E-state index contributed by atoms with van der Waals surface area (Å²) in [4.78, 5) is 42.1. The van der Waals surface area contributed by atoms with Crippen LogP contribution in [0.25, 0.3) is 11.1 Å². The van der Waals surface area contributed by atoms with E-state index in [0.29, 0.717) is 5.56 Å². The Kier molecular flexibility index (Phi) is 4.44. The molecule has 0 atom stereocenters. The molecule has 21 heavy (non-hydrogen) atoms. The van der Waals surface area contributed by atoms with E-state index >= 15 is 0 Å². The standard InChI is InChI=1S/C15H7N3O3/c19-8-16-13-7-6-12(11-4-2-1-3-5-11)14(17-9-20)15(13)18-10-21/h1-7H. The zero-order chi connectivity index (χ0) is 15.1. The summed E-state index contributed by atoms with van der Waals surface area (Å²) in [5.41, 5.74) is 1.45. The van der Waals surface area contributed by atoms with Crippen LogP contribution in [0.1, 0.15) is 0 Å². The van der Waals surface area contributed by atoms with Crippen molar-refractivity contribution < 1.29 is 14.4 Å². The SMILES string of the molecule is O=C=Nc1ccc(-c2ccccc2)c(N=C=O)c1N=C=O. The molecule has 0 N–H and O–H groups in total. The fraction of sp³-hybridized carbons (Fsp3) is 0. The zero-order valence-electron chi connectivity index (χ0n) is 10.6. The van der Waals surface area contributed by atoms with Crippen LogP contribution in [0, 0.1) is 0 Å². The molecule has 0 heterocycles. The second-order valence-electron chi connectivity index (χ2n) is 3.80. The Hall–Kier alpha value is -3.42. The second-order valence-corrected chi connectivity index (χ2v) is 3.80. The van der Waals surface area contributed by atoms with Crippen LogP contribution in [-0.2, 0) is 14.4 Å². The van der Waals surface area contributed by atoms with Gasteiger partial charge in [0.15, 0.2) is 0 Å². The van der Waals surface area contributed by atoms with Gasteiger partial charge in [0.05, 0.1) is 0 Å². The summed E-state index contributed by atoms with van der Waals surface area (Å²) < 4.78 is 0. The van der Waals surface area contributed by atoms with Crippen molar-refractivity contribution in [1.29, 1.82) is 0 Å². The lowest BCUT2D eigenvalue weighted by molar-refractivity contribution is 0.564. The molecule has 0 bridgehead atoms. The van der Waals surface area contributed by atoms with E-state index in [0.717, 1.165) is 5.56 Å². The topological polar surface area (TPSA) is 88.3 Å². The maximum absolute atomic E-state index is 10.6. The Morgan fingerprint density at radius 1 is 0.667 bits per heavy atom. The van der Waals surface area contributed by atoms with Crippen LogP contribution in [0.15, 0.2) is 57.4 Å². The molecule has 0 fully saturated rings. The first kappa shape index (κ1) is 14.0. The van der Waals surface area contributed by atoms with Gasteiger partial charge in [0.1, 0.15) is 17.1 Å². The minimum absolute atomic E-state index is 0.0296. The Morgan fingerprint density at radius 3 is 1.90 bits per heavy atom. The third-order valence-corrected chi connectivity index (χ3v) is 2.70. The van der Waals surface area contributed by atoms with Gasteiger partial charge in [-0.25, -0.2) is 14.4 Å². The maximum Gasteiger partial charge on any atom is 0.240 e. The van der Waals surface area contributed by atoms with Crippen LogP contribution in [0.2, 0.25) is 0 Å². The molecular formula is C15H7N3O3. The van der Waals surface area contributed by atoms with E-state index in [1.165, 1.54) is 24.3 Å². The van der Waals surface area contributed by atoms with Crippen molar-refractivity contribution in [3.63, 3.8) is 0 Å². The number of hydrogen-bond acceptors (Lipinski definition) is 6. The minimum atomic E-state index is -0.0296. The molecule has 0 spiro atoms. The number of nitrogens with zero attached hydrogens (tertiary/aromatic N) is 3. The highest BCUT2D eigenvalue weighted by Gasteiger charge is 2.14. The molecule has 6 nitrogen and oxygen atoms in total. The molecule has 6 heteroatoms. The van der Waals surface area contributed by atoms with Gasteiger partial charge in [-0.15, -0.1) is 0 Å². The maximum atomic E-state index is 10.6. The molecule has 2 aromatic carbocycles. The van der Waals surface area contributed by atoms with Crippen molar-refractivity contribution in [2.75, 3.05) is 0 Å². The molecule has 0 saturated heterocycles. The normalized spacial score (nSPS) is 8.95. The number of rotatable bonds is 4. The van der Waals surface area contributed by atoms with Gasteiger partial charge in [0.2, 0.25) is 18.2 Å². The quantitative estimate of drug-likeness (QED) is 0.634. The van der Waals surface area contributed by atoms with Gasteiger partial charge in [-0.05, 0) is 17.7 Å². The average Bonchev–Trinajstić information content (AvgIpc) is 2.52. The first-order valence-electron chi connectivity index (χ1n) is 5.78. The van der Waals surface area contributed by atoms with Crippen LogP contribution in [-0.4, -0.2) is 18.2 Å². The van der Waals surface area contributed by atoms with Crippen LogP contribution in [0.3, 0.4) is 0 Å². The lowest BCUT2D eigenvalue weighted by Gasteiger charge is -2.08. The Morgan fingerprint density at radius 2 is 1.29 bits per heavy atom. The van der Waals surface area contributed by atoms with E-state index in [1.54, 1.807) is 18.2 Å². The molecular weight excluding hydrogens is 270 g/mol. The van der Waals surface area contributed by atoms with Gasteiger partial charge in [-0.1, -0.05) is 30.3 Å². The molecule has 100 valence electrons. The summed E-state index contributed by atoms with van der Waals surface area (Å²) in [6.07, 6.45) is 4.12. The summed E-state index contributed by atoms with van der Waals surface area (Å²) in [7, 11) is 0. The van der Waals surface area contributed by atoms with Crippen molar-refractivity contribution in [2.24, 2.45) is 15.0 Å². The average molecular weight is 277 g/mol. The van der Waals surface area contributed by atoms with E-state index in [2.05, 4.69) is 15.0 Å². The summed E-state index contributed by atoms with van der Waals surface area (Å²) in [5, 5.41) is 0. The molecule has 0 aliphatic carbocycles. The smallest absolute Gasteiger partial charge is 0.211 e. The lowest BCUT2D eigenvalue weighted by atomic mass is 10.0. The van der Waals surface area contributed by atoms with Gasteiger partial charge in [0.25, 0.3) is 0 Å². The molecule has 0 radical (unpaired) electrons. The van der Waals surface area contributed by atoms with E-state index in [4.69, 9.17) is 0 Å². The summed E-state index contributed by atoms with van der Waals surface area (Å²) in [6, 6.07) is 12.2. The van der Waals surface area contributed by atoms with Crippen molar-refractivity contribution in [3.8, 4) is 11.1 Å². The van der Waals surface area contributed by atoms with Gasteiger partial charge in [-0.3, -0.25) is 0 Å². The van der Waals surface area contributed by atoms with Crippen molar-refractivity contribution >= 4 is 35.3 Å². The van der Waals surface area contributed by atoms with Gasteiger partial charge in [0, 0.05) is 5.56 Å².